The Labute approximate surface area is 152 Å². The molecule has 0 spiro atoms. The molecule has 2 N–H and O–H groups in total. The smallest absolute Gasteiger partial charge is 0.319 e. The van der Waals surface area contributed by atoms with E-state index in [1.807, 2.05) is 10.7 Å². The van der Waals surface area contributed by atoms with Crippen LogP contribution in [0.1, 0.15) is 28.2 Å². The van der Waals surface area contributed by atoms with Crippen LogP contribution >= 0.6 is 0 Å². The fourth-order valence-electron chi connectivity index (χ4n) is 2.94. The first-order chi connectivity index (χ1) is 12.4. The topological polar surface area (TPSA) is 90.7 Å². The number of rotatable bonds is 3. The third-order valence-electron chi connectivity index (χ3n) is 4.28. The van der Waals surface area contributed by atoms with E-state index in [1.54, 1.807) is 36.0 Å². The zero-order chi connectivity index (χ0) is 18.7. The molecule has 8 heteroatoms. The first-order valence-electron chi connectivity index (χ1n) is 8.53. The Morgan fingerprint density at radius 2 is 1.96 bits per heavy atom. The fourth-order valence-corrected chi connectivity index (χ4v) is 2.94. The Morgan fingerprint density at radius 3 is 2.65 bits per heavy atom. The van der Waals surface area contributed by atoms with Gasteiger partial charge in [0.2, 0.25) is 0 Å². The minimum atomic E-state index is -0.224. The largest absolute Gasteiger partial charge is 0.508 e. The molecule has 0 saturated carbocycles. The Balaban J connectivity index is 1.64. The minimum Gasteiger partial charge on any atom is -0.508 e. The van der Waals surface area contributed by atoms with E-state index in [-0.39, 0.29) is 17.7 Å². The van der Waals surface area contributed by atoms with Gasteiger partial charge in [-0.3, -0.25) is 9.48 Å². The first-order valence-corrected chi connectivity index (χ1v) is 8.53. The summed E-state index contributed by atoms with van der Waals surface area (Å²) in [6.45, 7) is 2.27. The van der Waals surface area contributed by atoms with E-state index in [0.717, 1.165) is 24.4 Å². The summed E-state index contributed by atoms with van der Waals surface area (Å²) in [6.07, 6.45) is 0.841. The number of carbonyl (C=O) groups excluding carboxylic acids is 2. The van der Waals surface area contributed by atoms with Crippen LogP contribution in [-0.2, 0) is 19.6 Å². The second-order valence-corrected chi connectivity index (χ2v) is 6.53. The van der Waals surface area contributed by atoms with E-state index in [0.29, 0.717) is 25.2 Å². The van der Waals surface area contributed by atoms with Gasteiger partial charge in [-0.25, -0.2) is 4.79 Å². The number of amides is 3. The number of urea groups is 1. The van der Waals surface area contributed by atoms with E-state index in [9.17, 15) is 14.7 Å². The average molecular weight is 357 g/mol. The van der Waals surface area contributed by atoms with Gasteiger partial charge in [0.05, 0.1) is 24.5 Å². The first kappa shape index (κ1) is 17.8. The van der Waals surface area contributed by atoms with Gasteiger partial charge in [0, 0.05) is 32.7 Å². The molecule has 138 valence electrons. The van der Waals surface area contributed by atoms with Crippen molar-refractivity contribution in [1.29, 1.82) is 0 Å². The Bertz CT molecular complexity index is 798. The molecule has 0 radical (unpaired) electrons. The normalized spacial score (nSPS) is 13.7. The Hall–Kier alpha value is -3.03. The van der Waals surface area contributed by atoms with Gasteiger partial charge in [-0.2, -0.15) is 5.10 Å². The summed E-state index contributed by atoms with van der Waals surface area (Å²) in [6, 6.07) is 8.00. The minimum absolute atomic E-state index is 0.0122. The van der Waals surface area contributed by atoms with Gasteiger partial charge in [-0.1, -0.05) is 0 Å². The van der Waals surface area contributed by atoms with Crippen LogP contribution in [0.4, 0.5) is 4.79 Å². The van der Waals surface area contributed by atoms with E-state index >= 15 is 0 Å². The van der Waals surface area contributed by atoms with Gasteiger partial charge in [0.15, 0.2) is 0 Å². The molecule has 0 aliphatic carbocycles. The zero-order valence-electron chi connectivity index (χ0n) is 15.0. The van der Waals surface area contributed by atoms with Gasteiger partial charge < -0.3 is 20.2 Å². The number of fused-ring (bicyclic) bond motifs is 1. The molecule has 8 nitrogen and oxygen atoms in total. The quantitative estimate of drug-likeness (QED) is 0.869. The highest BCUT2D eigenvalue weighted by Gasteiger charge is 2.21. The predicted molar refractivity (Wildman–Crippen MR) is 95.6 cm³/mol. The molecule has 0 fully saturated rings. The molecule has 1 aromatic carbocycles. The summed E-state index contributed by atoms with van der Waals surface area (Å²) in [7, 11) is 3.49. The molecule has 3 amide bonds. The van der Waals surface area contributed by atoms with Crippen LogP contribution in [0.25, 0.3) is 0 Å². The van der Waals surface area contributed by atoms with Crippen molar-refractivity contribution in [2.45, 2.75) is 26.1 Å². The number of phenolic OH excluding ortho intramolecular Hbond substituents is 1. The van der Waals surface area contributed by atoms with Gasteiger partial charge >= 0.3 is 6.03 Å². The standard InChI is InChI=1S/C18H23N5O3/c1-21(2)18(26)22-8-3-9-23-15(12-22)10-14(20-23)11-19-17(25)13-4-6-16(24)7-5-13/h4-7,10,24H,3,8-9,11-12H2,1-2H3,(H,19,25). The SMILES string of the molecule is CN(C)C(=O)N1CCCn2nc(CNC(=O)c3ccc(O)cc3)cc2C1. The lowest BCUT2D eigenvalue weighted by Gasteiger charge is -2.23. The third kappa shape index (κ3) is 3.96. The third-order valence-corrected chi connectivity index (χ3v) is 4.28. The Kier molecular flexibility index (Phi) is 5.11. The monoisotopic (exact) mass is 357 g/mol. The molecule has 2 heterocycles. The van der Waals surface area contributed by atoms with Crippen molar-refractivity contribution in [2.24, 2.45) is 0 Å². The highest BCUT2D eigenvalue weighted by atomic mass is 16.3. The van der Waals surface area contributed by atoms with Gasteiger partial charge in [-0.05, 0) is 36.8 Å². The molecule has 1 aliphatic heterocycles. The van der Waals surface area contributed by atoms with Crippen molar-refractivity contribution in [1.82, 2.24) is 24.9 Å². The van der Waals surface area contributed by atoms with Crippen molar-refractivity contribution in [3.8, 4) is 5.75 Å². The summed E-state index contributed by atoms with van der Waals surface area (Å²) in [5, 5.41) is 16.6. The number of hydrogen-bond donors (Lipinski definition) is 2. The van der Waals surface area contributed by atoms with Crippen LogP contribution in [0.2, 0.25) is 0 Å². The number of nitrogens with one attached hydrogen (secondary N) is 1. The van der Waals surface area contributed by atoms with E-state index in [4.69, 9.17) is 0 Å². The van der Waals surface area contributed by atoms with E-state index < -0.39 is 0 Å². The molecular weight excluding hydrogens is 334 g/mol. The second kappa shape index (κ2) is 7.47. The highest BCUT2D eigenvalue weighted by Crippen LogP contribution is 2.15. The number of carbonyl (C=O) groups is 2. The zero-order valence-corrected chi connectivity index (χ0v) is 15.0. The lowest BCUT2D eigenvalue weighted by Crippen LogP contribution is -2.38. The molecular formula is C18H23N5O3. The molecule has 0 unspecified atom stereocenters. The number of nitrogens with zero attached hydrogens (tertiary/aromatic N) is 4. The number of aromatic nitrogens is 2. The Morgan fingerprint density at radius 1 is 1.23 bits per heavy atom. The van der Waals surface area contributed by atoms with Crippen LogP contribution in [0, 0.1) is 0 Å². The second-order valence-electron chi connectivity index (χ2n) is 6.53. The van der Waals surface area contributed by atoms with E-state index in [1.165, 1.54) is 12.1 Å². The fraction of sp³-hybridized carbons (Fsp3) is 0.389. The van der Waals surface area contributed by atoms with Gasteiger partial charge in [0.25, 0.3) is 5.91 Å². The maximum absolute atomic E-state index is 12.2. The van der Waals surface area contributed by atoms with Crippen molar-refractivity contribution in [3.63, 3.8) is 0 Å². The summed E-state index contributed by atoms with van der Waals surface area (Å²) >= 11 is 0. The number of phenols is 1. The van der Waals surface area contributed by atoms with Crippen molar-refractivity contribution in [3.05, 3.63) is 47.3 Å². The van der Waals surface area contributed by atoms with Crippen LogP contribution in [-0.4, -0.2) is 57.3 Å². The molecule has 0 saturated heterocycles. The van der Waals surface area contributed by atoms with Crippen LogP contribution < -0.4 is 5.32 Å². The summed E-state index contributed by atoms with van der Waals surface area (Å²) in [4.78, 5) is 27.7. The number of benzene rings is 1. The van der Waals surface area contributed by atoms with Crippen molar-refractivity contribution in [2.75, 3.05) is 20.6 Å². The van der Waals surface area contributed by atoms with Crippen molar-refractivity contribution >= 4 is 11.9 Å². The molecule has 3 rings (SSSR count). The molecule has 1 aromatic heterocycles. The molecule has 2 aromatic rings. The summed E-state index contributed by atoms with van der Waals surface area (Å²) < 4.78 is 1.91. The maximum atomic E-state index is 12.2. The molecule has 1 aliphatic rings. The molecule has 0 atom stereocenters. The highest BCUT2D eigenvalue weighted by molar-refractivity contribution is 5.94. The lowest BCUT2D eigenvalue weighted by molar-refractivity contribution is 0.0950. The summed E-state index contributed by atoms with van der Waals surface area (Å²) in [5.41, 5.74) is 2.20. The van der Waals surface area contributed by atoms with Crippen LogP contribution in [0.3, 0.4) is 0 Å². The van der Waals surface area contributed by atoms with Crippen molar-refractivity contribution < 1.29 is 14.7 Å². The maximum Gasteiger partial charge on any atom is 0.319 e. The number of aryl methyl sites for hydroxylation is 1. The molecule has 26 heavy (non-hydrogen) atoms. The average Bonchev–Trinajstić information content (AvgIpc) is 2.89. The number of aromatic hydroxyl groups is 1. The van der Waals surface area contributed by atoms with Crippen LogP contribution in [0.5, 0.6) is 5.75 Å². The van der Waals surface area contributed by atoms with Gasteiger partial charge in [0.1, 0.15) is 5.75 Å². The summed E-state index contributed by atoms with van der Waals surface area (Å²) in [5.74, 6) is -0.103. The van der Waals surface area contributed by atoms with Crippen LogP contribution in [0.15, 0.2) is 30.3 Å². The van der Waals surface area contributed by atoms with Gasteiger partial charge in [-0.15, -0.1) is 0 Å². The number of hydrogen-bond acceptors (Lipinski definition) is 4. The lowest BCUT2D eigenvalue weighted by atomic mass is 10.2. The van der Waals surface area contributed by atoms with E-state index in [2.05, 4.69) is 10.4 Å². The molecule has 0 bridgehead atoms. The predicted octanol–water partition coefficient (Wildman–Crippen LogP) is 1.41.